The number of nitrogens with one attached hydrogen (secondary N) is 1. The highest BCUT2D eigenvalue weighted by atomic mass is 16.5. The molecule has 0 aromatic heterocycles. The van der Waals surface area contributed by atoms with Crippen molar-refractivity contribution < 1.29 is 28.5 Å². The van der Waals surface area contributed by atoms with E-state index >= 15 is 0 Å². The van der Waals surface area contributed by atoms with Crippen LogP contribution in [-0.4, -0.2) is 57.9 Å². The topological polar surface area (TPSA) is 86.3 Å². The minimum atomic E-state index is -0.745. The van der Waals surface area contributed by atoms with Gasteiger partial charge in [0.1, 0.15) is 11.8 Å². The molecule has 8 heteroatoms. The van der Waals surface area contributed by atoms with Crippen molar-refractivity contribution in [2.24, 2.45) is 5.92 Å². The van der Waals surface area contributed by atoms with Crippen LogP contribution < -0.4 is 19.5 Å². The molecule has 1 aliphatic heterocycles. The van der Waals surface area contributed by atoms with Crippen LogP contribution in [0.5, 0.6) is 17.2 Å². The van der Waals surface area contributed by atoms with E-state index in [0.29, 0.717) is 24.5 Å². The van der Waals surface area contributed by atoms with Crippen molar-refractivity contribution >= 4 is 12.0 Å². The summed E-state index contributed by atoms with van der Waals surface area (Å²) in [6.45, 7) is 4.20. The summed E-state index contributed by atoms with van der Waals surface area (Å²) in [6.07, 6.45) is 0.639. The molecule has 178 valence electrons. The Balaban J connectivity index is 2.06. The zero-order valence-electron chi connectivity index (χ0n) is 20.0. The molecule has 0 saturated carbocycles. The predicted octanol–water partition coefficient (Wildman–Crippen LogP) is 3.57. The molecule has 3 rings (SSSR count). The maximum atomic E-state index is 13.5. The summed E-state index contributed by atoms with van der Waals surface area (Å²) < 4.78 is 21.2. The molecule has 0 saturated heterocycles. The molecule has 2 aromatic carbocycles. The van der Waals surface area contributed by atoms with Gasteiger partial charge in [0.25, 0.3) is 0 Å². The van der Waals surface area contributed by atoms with Crippen molar-refractivity contribution in [2.45, 2.75) is 32.4 Å². The van der Waals surface area contributed by atoms with Gasteiger partial charge in [0, 0.05) is 6.54 Å². The molecule has 0 radical (unpaired) electrons. The summed E-state index contributed by atoms with van der Waals surface area (Å²) in [5, 5.41) is 2.87. The van der Waals surface area contributed by atoms with E-state index in [2.05, 4.69) is 5.32 Å². The van der Waals surface area contributed by atoms with E-state index in [1.54, 1.807) is 26.2 Å². The zero-order valence-corrected chi connectivity index (χ0v) is 20.0. The first-order valence-corrected chi connectivity index (χ1v) is 10.9. The van der Waals surface area contributed by atoms with E-state index in [9.17, 15) is 9.59 Å². The first kappa shape index (κ1) is 24.2. The SMILES string of the molecule is COC(=O)C(NC(=O)N1CCc2cc(OC)c(OC)cc2C1c1ccc(OC)cc1)C(C)C. The van der Waals surface area contributed by atoms with Gasteiger partial charge in [-0.1, -0.05) is 26.0 Å². The van der Waals surface area contributed by atoms with Crippen molar-refractivity contribution in [3.8, 4) is 17.2 Å². The number of ether oxygens (including phenoxy) is 4. The molecule has 8 nitrogen and oxygen atoms in total. The number of urea groups is 1. The molecule has 0 spiro atoms. The molecule has 0 aliphatic carbocycles. The van der Waals surface area contributed by atoms with Gasteiger partial charge in [0.15, 0.2) is 11.5 Å². The molecule has 2 aromatic rings. The number of carbonyl (C=O) groups excluding carboxylic acids is 2. The summed E-state index contributed by atoms with van der Waals surface area (Å²) in [5.74, 6) is 1.37. The molecule has 2 unspecified atom stereocenters. The Hall–Kier alpha value is -3.42. The number of esters is 1. The lowest BCUT2D eigenvalue weighted by atomic mass is 9.87. The molecular weight excluding hydrogens is 424 g/mol. The van der Waals surface area contributed by atoms with Crippen LogP contribution in [0.2, 0.25) is 0 Å². The zero-order chi connectivity index (χ0) is 24.1. The summed E-state index contributed by atoms with van der Waals surface area (Å²) >= 11 is 0. The van der Waals surface area contributed by atoms with Crippen molar-refractivity contribution in [3.05, 3.63) is 53.1 Å². The number of benzene rings is 2. The second-order valence-electron chi connectivity index (χ2n) is 8.22. The Kier molecular flexibility index (Phi) is 7.68. The Morgan fingerprint density at radius 3 is 2.15 bits per heavy atom. The molecule has 1 heterocycles. The maximum absolute atomic E-state index is 13.5. The third-order valence-electron chi connectivity index (χ3n) is 5.97. The van der Waals surface area contributed by atoms with E-state index < -0.39 is 12.0 Å². The highest BCUT2D eigenvalue weighted by Gasteiger charge is 2.35. The van der Waals surface area contributed by atoms with Gasteiger partial charge >= 0.3 is 12.0 Å². The van der Waals surface area contributed by atoms with Gasteiger partial charge < -0.3 is 29.2 Å². The van der Waals surface area contributed by atoms with E-state index in [-0.39, 0.29) is 18.0 Å². The number of methoxy groups -OCH3 is 4. The smallest absolute Gasteiger partial charge is 0.328 e. The predicted molar refractivity (Wildman–Crippen MR) is 124 cm³/mol. The van der Waals surface area contributed by atoms with E-state index in [4.69, 9.17) is 18.9 Å². The van der Waals surface area contributed by atoms with Crippen molar-refractivity contribution in [1.82, 2.24) is 10.2 Å². The summed E-state index contributed by atoms with van der Waals surface area (Å²) in [7, 11) is 6.12. The van der Waals surface area contributed by atoms with Gasteiger partial charge in [0.05, 0.1) is 34.5 Å². The Morgan fingerprint density at radius 2 is 1.61 bits per heavy atom. The number of nitrogens with zero attached hydrogens (tertiary/aromatic N) is 1. The average Bonchev–Trinajstić information content (AvgIpc) is 2.84. The fourth-order valence-electron chi connectivity index (χ4n) is 4.15. The molecule has 1 N–H and O–H groups in total. The second-order valence-corrected chi connectivity index (χ2v) is 8.22. The summed E-state index contributed by atoms with van der Waals surface area (Å²) in [5.41, 5.74) is 2.93. The van der Waals surface area contributed by atoms with Crippen LogP contribution in [0.1, 0.15) is 36.6 Å². The van der Waals surface area contributed by atoms with Gasteiger partial charge in [-0.15, -0.1) is 0 Å². The van der Waals surface area contributed by atoms with Crippen LogP contribution in [0.15, 0.2) is 36.4 Å². The Morgan fingerprint density at radius 1 is 0.970 bits per heavy atom. The number of rotatable bonds is 7. The molecule has 33 heavy (non-hydrogen) atoms. The molecule has 1 aliphatic rings. The largest absolute Gasteiger partial charge is 0.497 e. The van der Waals surface area contributed by atoms with Gasteiger partial charge in [-0.25, -0.2) is 9.59 Å². The number of carbonyl (C=O) groups is 2. The van der Waals surface area contributed by atoms with Crippen molar-refractivity contribution in [3.63, 3.8) is 0 Å². The normalized spacial score (nSPS) is 16.0. The van der Waals surface area contributed by atoms with E-state index in [1.165, 1.54) is 7.11 Å². The van der Waals surface area contributed by atoms with Crippen molar-refractivity contribution in [2.75, 3.05) is 35.0 Å². The molecule has 2 amide bonds. The fourth-order valence-corrected chi connectivity index (χ4v) is 4.15. The van der Waals surface area contributed by atoms with Crippen LogP contribution in [0, 0.1) is 5.92 Å². The van der Waals surface area contributed by atoms with Crippen LogP contribution in [-0.2, 0) is 16.0 Å². The van der Waals surface area contributed by atoms with Crippen LogP contribution in [0.3, 0.4) is 0 Å². The van der Waals surface area contributed by atoms with Gasteiger partial charge in [-0.05, 0) is 53.3 Å². The lowest BCUT2D eigenvalue weighted by Gasteiger charge is -2.39. The third kappa shape index (κ3) is 4.99. The molecule has 0 fully saturated rings. The minimum absolute atomic E-state index is 0.123. The number of hydrogen-bond acceptors (Lipinski definition) is 6. The Bertz CT molecular complexity index is 989. The lowest BCUT2D eigenvalue weighted by molar-refractivity contribution is -0.144. The molecule has 0 bridgehead atoms. The second kappa shape index (κ2) is 10.5. The average molecular weight is 457 g/mol. The Labute approximate surface area is 194 Å². The van der Waals surface area contributed by atoms with E-state index in [0.717, 1.165) is 22.4 Å². The molecule has 2 atom stereocenters. The van der Waals surface area contributed by atoms with Gasteiger partial charge in [-0.2, -0.15) is 0 Å². The quantitative estimate of drug-likeness (QED) is 0.641. The number of amides is 2. The standard InChI is InChI=1S/C25H32N2O6/c1-15(2)22(24(28)33-6)26-25(29)27-12-11-17-13-20(31-4)21(32-5)14-19(17)23(27)16-7-9-18(30-3)10-8-16/h7-10,13-15,22-23H,11-12H2,1-6H3,(H,26,29). The van der Waals surface area contributed by atoms with Crippen LogP contribution in [0.4, 0.5) is 4.79 Å². The van der Waals surface area contributed by atoms with E-state index in [1.807, 2.05) is 50.2 Å². The lowest BCUT2D eigenvalue weighted by Crippen LogP contribution is -2.53. The summed E-state index contributed by atoms with van der Waals surface area (Å²) in [4.78, 5) is 27.4. The first-order valence-electron chi connectivity index (χ1n) is 10.9. The van der Waals surface area contributed by atoms with Crippen LogP contribution >= 0.6 is 0 Å². The number of fused-ring (bicyclic) bond motifs is 1. The first-order chi connectivity index (χ1) is 15.8. The van der Waals surface area contributed by atoms with Crippen LogP contribution in [0.25, 0.3) is 0 Å². The highest BCUT2D eigenvalue weighted by Crippen LogP contribution is 2.41. The molecular formula is C25H32N2O6. The highest BCUT2D eigenvalue weighted by molar-refractivity contribution is 5.84. The van der Waals surface area contributed by atoms with Gasteiger partial charge in [0.2, 0.25) is 0 Å². The summed E-state index contributed by atoms with van der Waals surface area (Å²) in [6, 6.07) is 10.0. The minimum Gasteiger partial charge on any atom is -0.497 e. The maximum Gasteiger partial charge on any atom is 0.328 e. The fraction of sp³-hybridized carbons (Fsp3) is 0.440. The number of hydrogen-bond donors (Lipinski definition) is 1. The monoisotopic (exact) mass is 456 g/mol. The van der Waals surface area contributed by atoms with Crippen molar-refractivity contribution in [1.29, 1.82) is 0 Å². The third-order valence-corrected chi connectivity index (χ3v) is 5.97. The van der Waals surface area contributed by atoms with Gasteiger partial charge in [-0.3, -0.25) is 0 Å².